The normalized spacial score (nSPS) is 15.0. The minimum absolute atomic E-state index is 0.0926. The third-order valence-corrected chi connectivity index (χ3v) is 11.0. The summed E-state index contributed by atoms with van der Waals surface area (Å²) in [5.74, 6) is 1.21. The second-order valence-corrected chi connectivity index (χ2v) is 17.1. The highest BCUT2D eigenvalue weighted by Crippen LogP contribution is 2.28. The van der Waals surface area contributed by atoms with Crippen molar-refractivity contribution in [3.8, 4) is 0 Å². The van der Waals surface area contributed by atoms with E-state index < -0.39 is 0 Å². The zero-order valence-electron chi connectivity index (χ0n) is 42.3. The summed E-state index contributed by atoms with van der Waals surface area (Å²) in [6.07, 6.45) is 15.4. The molecule has 5 atom stereocenters. The Morgan fingerprint density at radius 1 is 0.339 bits per heavy atom. The summed E-state index contributed by atoms with van der Waals surface area (Å²) in [4.78, 5) is 0. The lowest BCUT2D eigenvalue weighted by atomic mass is 9.84. The van der Waals surface area contributed by atoms with E-state index in [1.54, 1.807) is 0 Å². The monoisotopic (exact) mass is 852 g/mol. The average molecular weight is 852 g/mol. The van der Waals surface area contributed by atoms with Gasteiger partial charge < -0.3 is 50.4 Å². The van der Waals surface area contributed by atoms with Crippen molar-refractivity contribution in [2.24, 2.45) is 39.9 Å². The maximum Gasteiger partial charge on any atom is 0.0617 e. The molecule has 0 saturated heterocycles. The molecule has 6 N–H and O–H groups in total. The van der Waals surface area contributed by atoms with E-state index in [9.17, 15) is 0 Å². The third-order valence-electron chi connectivity index (χ3n) is 11.0. The third kappa shape index (κ3) is 44.0. The Morgan fingerprint density at radius 3 is 0.881 bits per heavy atom. The fourth-order valence-electron chi connectivity index (χ4n) is 4.94. The van der Waals surface area contributed by atoms with Gasteiger partial charge in [-0.05, 0) is 76.0 Å². The standard InChI is InChI=1S/C19H42N2O3.C16H35NO2.C8H18O.C6H14O/c1-6-16(5)10-22-13-19(9-4,14-23-11-17(20)7-2)15-24-12-18(21)8-3;1-6-14(5)10-18-12-16(8-3,9-4)13-19-11-15(17)7-2;1-3-5-7-9-8-6-4-2;1-3-5-7-6-4-2/h16-18H,6-15,20-21H2,1-5H3;14-15H,6-13,17H2,1-5H3;3-8H2,1-2H3;3-6H2,1-2H3. The molecule has 0 radical (unpaired) electrons. The molecule has 10 heteroatoms. The van der Waals surface area contributed by atoms with Crippen LogP contribution in [0.1, 0.15) is 187 Å². The van der Waals surface area contributed by atoms with Crippen LogP contribution in [0.2, 0.25) is 0 Å². The average Bonchev–Trinajstić information content (AvgIpc) is 3.25. The zero-order chi connectivity index (χ0) is 45.6. The molecule has 0 aliphatic carbocycles. The first kappa shape index (κ1) is 65.2. The lowest BCUT2D eigenvalue weighted by molar-refractivity contribution is -0.0788. The molecule has 0 amide bonds. The van der Waals surface area contributed by atoms with E-state index in [4.69, 9.17) is 50.4 Å². The topological polar surface area (TPSA) is 143 Å². The molecule has 0 spiro atoms. The maximum absolute atomic E-state index is 5.99. The second kappa shape index (κ2) is 48.6. The summed E-state index contributed by atoms with van der Waals surface area (Å²) < 4.78 is 39.9. The van der Waals surface area contributed by atoms with E-state index in [1.165, 1.54) is 32.1 Å². The summed E-state index contributed by atoms with van der Waals surface area (Å²) in [6.45, 7) is 40.9. The van der Waals surface area contributed by atoms with Gasteiger partial charge in [0.1, 0.15) is 0 Å². The van der Waals surface area contributed by atoms with Gasteiger partial charge in [-0.25, -0.2) is 0 Å². The predicted molar refractivity (Wildman–Crippen MR) is 256 cm³/mol. The highest BCUT2D eigenvalue weighted by Gasteiger charge is 2.31. The van der Waals surface area contributed by atoms with Gasteiger partial charge in [0.05, 0.1) is 52.9 Å². The highest BCUT2D eigenvalue weighted by atomic mass is 16.5. The van der Waals surface area contributed by atoms with Gasteiger partial charge in [-0.1, -0.05) is 123 Å². The largest absolute Gasteiger partial charge is 0.381 e. The molecular formula is C49H109N3O7. The molecule has 0 bridgehead atoms. The second-order valence-electron chi connectivity index (χ2n) is 17.1. The van der Waals surface area contributed by atoms with Gasteiger partial charge in [0.15, 0.2) is 0 Å². The quantitative estimate of drug-likeness (QED) is 0.0514. The number of hydrogen-bond acceptors (Lipinski definition) is 10. The minimum Gasteiger partial charge on any atom is -0.381 e. The summed E-state index contributed by atoms with van der Waals surface area (Å²) in [5.41, 5.74) is 17.8. The van der Waals surface area contributed by atoms with Gasteiger partial charge in [0.25, 0.3) is 0 Å². The van der Waals surface area contributed by atoms with Crippen molar-refractivity contribution in [2.45, 2.75) is 205 Å². The summed E-state index contributed by atoms with van der Waals surface area (Å²) in [5, 5.41) is 0. The van der Waals surface area contributed by atoms with Gasteiger partial charge in [-0.15, -0.1) is 0 Å². The number of rotatable bonds is 38. The molecule has 362 valence electrons. The van der Waals surface area contributed by atoms with Gasteiger partial charge >= 0.3 is 0 Å². The van der Waals surface area contributed by atoms with E-state index in [0.29, 0.717) is 51.5 Å². The van der Waals surface area contributed by atoms with Crippen molar-refractivity contribution < 1.29 is 33.2 Å². The van der Waals surface area contributed by atoms with Crippen LogP contribution in [0.4, 0.5) is 0 Å². The Balaban J connectivity index is -0.000000380. The molecule has 0 heterocycles. The molecule has 0 aromatic rings. The maximum atomic E-state index is 5.99. The number of hydrogen-bond donors (Lipinski definition) is 3. The first-order chi connectivity index (χ1) is 28.3. The van der Waals surface area contributed by atoms with E-state index in [1.807, 2.05) is 0 Å². The highest BCUT2D eigenvalue weighted by molar-refractivity contribution is 4.79. The van der Waals surface area contributed by atoms with Crippen molar-refractivity contribution in [1.29, 1.82) is 0 Å². The van der Waals surface area contributed by atoms with Crippen LogP contribution in [0.3, 0.4) is 0 Å². The Bertz CT molecular complexity index is 709. The zero-order valence-corrected chi connectivity index (χ0v) is 42.3. The molecule has 0 aliphatic rings. The van der Waals surface area contributed by atoms with Gasteiger partial charge in [-0.3, -0.25) is 0 Å². The smallest absolute Gasteiger partial charge is 0.0617 e. The molecule has 0 fully saturated rings. The Labute approximate surface area is 369 Å². The molecule has 0 aromatic heterocycles. The molecule has 0 aromatic carbocycles. The summed E-state index contributed by atoms with van der Waals surface area (Å²) >= 11 is 0. The van der Waals surface area contributed by atoms with Crippen LogP contribution in [-0.2, 0) is 33.2 Å². The lowest BCUT2D eigenvalue weighted by Gasteiger charge is -2.33. The molecule has 0 aliphatic heterocycles. The first-order valence-electron chi connectivity index (χ1n) is 24.6. The van der Waals surface area contributed by atoms with E-state index in [-0.39, 0.29) is 29.0 Å². The van der Waals surface area contributed by atoms with Crippen molar-refractivity contribution in [3.63, 3.8) is 0 Å². The van der Waals surface area contributed by atoms with Crippen LogP contribution in [0.25, 0.3) is 0 Å². The fraction of sp³-hybridized carbons (Fsp3) is 1.00. The van der Waals surface area contributed by atoms with Gasteiger partial charge in [0.2, 0.25) is 0 Å². The van der Waals surface area contributed by atoms with Crippen LogP contribution < -0.4 is 17.2 Å². The predicted octanol–water partition coefficient (Wildman–Crippen LogP) is 11.0. The van der Waals surface area contributed by atoms with Crippen LogP contribution in [0, 0.1) is 22.7 Å². The minimum atomic E-state index is -0.131. The lowest BCUT2D eigenvalue weighted by Crippen LogP contribution is -2.40. The van der Waals surface area contributed by atoms with E-state index >= 15 is 0 Å². The van der Waals surface area contributed by atoms with Crippen LogP contribution in [-0.4, -0.2) is 111 Å². The Kier molecular flexibility index (Phi) is 53.8. The van der Waals surface area contributed by atoms with Gasteiger partial charge in [-0.2, -0.15) is 0 Å². The number of nitrogens with two attached hydrogens (primary N) is 3. The fourth-order valence-corrected chi connectivity index (χ4v) is 4.94. The Hall–Kier alpha value is -0.400. The van der Waals surface area contributed by atoms with Crippen LogP contribution >= 0.6 is 0 Å². The summed E-state index contributed by atoms with van der Waals surface area (Å²) in [6, 6.07) is 0.345. The van der Waals surface area contributed by atoms with Crippen LogP contribution in [0.5, 0.6) is 0 Å². The van der Waals surface area contributed by atoms with E-state index in [2.05, 4.69) is 96.9 Å². The van der Waals surface area contributed by atoms with Crippen molar-refractivity contribution in [3.05, 3.63) is 0 Å². The molecule has 59 heavy (non-hydrogen) atoms. The number of unbranched alkanes of at least 4 members (excludes halogenated alkanes) is 2. The molecule has 10 nitrogen and oxygen atoms in total. The summed E-state index contributed by atoms with van der Waals surface area (Å²) in [7, 11) is 0. The molecular weight excluding hydrogens is 743 g/mol. The van der Waals surface area contributed by atoms with Crippen molar-refractivity contribution >= 4 is 0 Å². The first-order valence-corrected chi connectivity index (χ1v) is 24.6. The SMILES string of the molecule is CCC(C)COCC(CC)(CC)COCC(N)CC.CCC(C)COCC(CC)(COCC(N)CC)COCC(N)CC.CCCCOCCCC.CCCOCCC. The number of ether oxygens (including phenoxy) is 7. The van der Waals surface area contributed by atoms with Crippen molar-refractivity contribution in [1.82, 2.24) is 0 Å². The molecule has 5 unspecified atom stereocenters. The van der Waals surface area contributed by atoms with Crippen molar-refractivity contribution in [2.75, 3.05) is 92.5 Å². The van der Waals surface area contributed by atoms with Crippen LogP contribution in [0.15, 0.2) is 0 Å². The Morgan fingerprint density at radius 2 is 0.627 bits per heavy atom. The molecule has 0 rings (SSSR count). The molecule has 0 saturated carbocycles. The van der Waals surface area contributed by atoms with Gasteiger partial charge in [0, 0.05) is 68.6 Å². The van der Waals surface area contributed by atoms with E-state index in [0.717, 1.165) is 111 Å².